The van der Waals surface area contributed by atoms with Gasteiger partial charge in [0, 0.05) is 12.6 Å². The van der Waals surface area contributed by atoms with E-state index < -0.39 is 5.97 Å². The van der Waals surface area contributed by atoms with Crippen LogP contribution in [-0.2, 0) is 17.9 Å². The van der Waals surface area contributed by atoms with Crippen molar-refractivity contribution >= 4 is 18.0 Å². The Bertz CT molecular complexity index is 995. The first kappa shape index (κ1) is 19.9. The minimum absolute atomic E-state index is 0.217. The standard InChI is InChI=1S/C24H21NO4/c26-23(25-16-19-9-12-21(13-10-19)24(27)28)14-11-18-7-4-8-22(15-18)29-17-20-5-2-1-3-6-20/h1-15H,16-17H2,(H,25,26)(H,27,28)/b14-11+. The van der Waals surface area contributed by atoms with Crippen LogP contribution in [0.1, 0.15) is 27.0 Å². The average molecular weight is 387 g/mol. The summed E-state index contributed by atoms with van der Waals surface area (Å²) in [6.45, 7) is 0.804. The fraction of sp³-hybridized carbons (Fsp3) is 0.0833. The number of aromatic carboxylic acids is 1. The topological polar surface area (TPSA) is 75.6 Å². The van der Waals surface area contributed by atoms with Crippen LogP contribution < -0.4 is 10.1 Å². The molecule has 2 N–H and O–H groups in total. The Morgan fingerprint density at radius 1 is 0.897 bits per heavy atom. The second kappa shape index (κ2) is 9.90. The van der Waals surface area contributed by atoms with Crippen molar-refractivity contribution in [2.24, 2.45) is 0 Å². The van der Waals surface area contributed by atoms with E-state index in [4.69, 9.17) is 9.84 Å². The van der Waals surface area contributed by atoms with Gasteiger partial charge >= 0.3 is 5.97 Å². The SMILES string of the molecule is O=C(/C=C/c1cccc(OCc2ccccc2)c1)NCc1ccc(C(=O)O)cc1. The molecule has 3 aromatic carbocycles. The normalized spacial score (nSPS) is 10.6. The summed E-state index contributed by atoms with van der Waals surface area (Å²) >= 11 is 0. The molecule has 0 saturated carbocycles. The van der Waals surface area contributed by atoms with E-state index in [1.54, 1.807) is 18.2 Å². The molecule has 3 aromatic rings. The molecule has 0 aliphatic heterocycles. The number of hydrogen-bond donors (Lipinski definition) is 2. The Labute approximate surface area is 169 Å². The van der Waals surface area contributed by atoms with Crippen molar-refractivity contribution < 1.29 is 19.4 Å². The lowest BCUT2D eigenvalue weighted by atomic mass is 10.1. The first-order valence-electron chi connectivity index (χ1n) is 9.15. The van der Waals surface area contributed by atoms with Crippen LogP contribution in [0, 0.1) is 0 Å². The zero-order valence-corrected chi connectivity index (χ0v) is 15.7. The van der Waals surface area contributed by atoms with Crippen molar-refractivity contribution in [2.45, 2.75) is 13.2 Å². The molecule has 29 heavy (non-hydrogen) atoms. The maximum Gasteiger partial charge on any atom is 0.335 e. The number of hydrogen-bond acceptors (Lipinski definition) is 3. The van der Waals surface area contributed by atoms with E-state index in [2.05, 4.69) is 5.32 Å². The Morgan fingerprint density at radius 3 is 2.38 bits per heavy atom. The molecule has 0 bridgehead atoms. The number of carboxylic acid groups (broad SMARTS) is 1. The quantitative estimate of drug-likeness (QED) is 0.565. The van der Waals surface area contributed by atoms with E-state index in [1.807, 2.05) is 54.6 Å². The van der Waals surface area contributed by atoms with Crippen LogP contribution in [0.2, 0.25) is 0 Å². The Morgan fingerprint density at radius 2 is 1.66 bits per heavy atom. The number of ether oxygens (including phenoxy) is 1. The average Bonchev–Trinajstić information content (AvgIpc) is 2.76. The van der Waals surface area contributed by atoms with Gasteiger partial charge in [-0.3, -0.25) is 4.79 Å². The van der Waals surface area contributed by atoms with E-state index in [9.17, 15) is 9.59 Å². The predicted octanol–water partition coefficient (Wildman–Crippen LogP) is 4.29. The highest BCUT2D eigenvalue weighted by Gasteiger charge is 2.03. The molecule has 0 atom stereocenters. The largest absolute Gasteiger partial charge is 0.489 e. The molecule has 0 aliphatic rings. The smallest absolute Gasteiger partial charge is 0.335 e. The summed E-state index contributed by atoms with van der Waals surface area (Å²) < 4.78 is 5.80. The van der Waals surface area contributed by atoms with Gasteiger partial charge in [-0.25, -0.2) is 4.79 Å². The summed E-state index contributed by atoms with van der Waals surface area (Å²) in [6, 6.07) is 23.8. The number of carbonyl (C=O) groups excluding carboxylic acids is 1. The molecular weight excluding hydrogens is 366 g/mol. The van der Waals surface area contributed by atoms with Crippen LogP contribution in [0.5, 0.6) is 5.75 Å². The summed E-state index contributed by atoms with van der Waals surface area (Å²) in [4.78, 5) is 22.9. The molecule has 146 valence electrons. The van der Waals surface area contributed by atoms with Crippen LogP contribution in [0.3, 0.4) is 0 Å². The molecule has 0 radical (unpaired) electrons. The zero-order valence-electron chi connectivity index (χ0n) is 15.7. The van der Waals surface area contributed by atoms with E-state index in [-0.39, 0.29) is 11.5 Å². The molecule has 0 spiro atoms. The van der Waals surface area contributed by atoms with Crippen molar-refractivity contribution in [1.82, 2.24) is 5.32 Å². The Kier molecular flexibility index (Phi) is 6.79. The highest BCUT2D eigenvalue weighted by atomic mass is 16.5. The van der Waals surface area contributed by atoms with Crippen LogP contribution in [0.25, 0.3) is 6.08 Å². The van der Waals surface area contributed by atoms with Crippen molar-refractivity contribution in [3.63, 3.8) is 0 Å². The van der Waals surface area contributed by atoms with Gasteiger partial charge in [0.25, 0.3) is 0 Å². The van der Waals surface area contributed by atoms with Gasteiger partial charge in [0.15, 0.2) is 0 Å². The summed E-state index contributed by atoms with van der Waals surface area (Å²) in [5.74, 6) is -0.476. The van der Waals surface area contributed by atoms with E-state index in [1.165, 1.54) is 18.2 Å². The van der Waals surface area contributed by atoms with Gasteiger partial charge < -0.3 is 15.2 Å². The molecule has 5 nitrogen and oxygen atoms in total. The van der Waals surface area contributed by atoms with Gasteiger partial charge in [-0.1, -0.05) is 54.6 Å². The third kappa shape index (κ3) is 6.36. The summed E-state index contributed by atoms with van der Waals surface area (Å²) in [5, 5.41) is 11.7. The molecule has 5 heteroatoms. The Hall–Kier alpha value is -3.86. The van der Waals surface area contributed by atoms with Crippen LogP contribution in [0.15, 0.2) is 84.9 Å². The van der Waals surface area contributed by atoms with Crippen molar-refractivity contribution in [1.29, 1.82) is 0 Å². The summed E-state index contributed by atoms with van der Waals surface area (Å²) in [5.41, 5.74) is 2.99. The minimum Gasteiger partial charge on any atom is -0.489 e. The van der Waals surface area contributed by atoms with Gasteiger partial charge in [0.2, 0.25) is 5.91 Å². The highest BCUT2D eigenvalue weighted by Crippen LogP contribution is 2.16. The molecule has 3 rings (SSSR count). The molecule has 0 fully saturated rings. The lowest BCUT2D eigenvalue weighted by Gasteiger charge is -2.07. The van der Waals surface area contributed by atoms with Gasteiger partial charge in [-0.2, -0.15) is 0 Å². The van der Waals surface area contributed by atoms with Crippen LogP contribution in [-0.4, -0.2) is 17.0 Å². The van der Waals surface area contributed by atoms with Gasteiger partial charge in [0.1, 0.15) is 12.4 Å². The fourth-order valence-corrected chi connectivity index (χ4v) is 2.63. The molecule has 0 unspecified atom stereocenters. The maximum absolute atomic E-state index is 12.0. The Balaban J connectivity index is 1.51. The second-order valence-corrected chi connectivity index (χ2v) is 6.40. The number of rotatable bonds is 8. The van der Waals surface area contributed by atoms with E-state index >= 15 is 0 Å². The number of carboxylic acids is 1. The lowest BCUT2D eigenvalue weighted by Crippen LogP contribution is -2.20. The number of carbonyl (C=O) groups is 2. The molecular formula is C24H21NO4. The lowest BCUT2D eigenvalue weighted by molar-refractivity contribution is -0.116. The van der Waals surface area contributed by atoms with Crippen molar-refractivity contribution in [2.75, 3.05) is 0 Å². The third-order valence-electron chi connectivity index (χ3n) is 4.20. The minimum atomic E-state index is -0.974. The molecule has 1 amide bonds. The maximum atomic E-state index is 12.0. The third-order valence-corrected chi connectivity index (χ3v) is 4.20. The molecule has 0 saturated heterocycles. The van der Waals surface area contributed by atoms with Gasteiger partial charge in [-0.15, -0.1) is 0 Å². The number of benzene rings is 3. The highest BCUT2D eigenvalue weighted by molar-refractivity contribution is 5.91. The first-order valence-corrected chi connectivity index (χ1v) is 9.15. The summed E-state index contributed by atoms with van der Waals surface area (Å²) in [7, 11) is 0. The number of amides is 1. The van der Waals surface area contributed by atoms with E-state index in [0.717, 1.165) is 22.4 Å². The van der Waals surface area contributed by atoms with Crippen molar-refractivity contribution in [3.05, 3.63) is 107 Å². The predicted molar refractivity (Wildman–Crippen MR) is 111 cm³/mol. The first-order chi connectivity index (χ1) is 14.1. The van der Waals surface area contributed by atoms with Crippen LogP contribution in [0.4, 0.5) is 0 Å². The monoisotopic (exact) mass is 387 g/mol. The van der Waals surface area contributed by atoms with Crippen LogP contribution >= 0.6 is 0 Å². The molecule has 0 aromatic heterocycles. The second-order valence-electron chi connectivity index (χ2n) is 6.40. The molecule has 0 aliphatic carbocycles. The number of nitrogens with one attached hydrogen (secondary N) is 1. The van der Waals surface area contributed by atoms with Gasteiger partial charge in [-0.05, 0) is 47.0 Å². The van der Waals surface area contributed by atoms with E-state index in [0.29, 0.717) is 13.2 Å². The van der Waals surface area contributed by atoms with Gasteiger partial charge in [0.05, 0.1) is 5.56 Å². The summed E-state index contributed by atoms with van der Waals surface area (Å²) in [6.07, 6.45) is 3.18. The molecule has 0 heterocycles. The van der Waals surface area contributed by atoms with Crippen molar-refractivity contribution in [3.8, 4) is 5.75 Å². The zero-order chi connectivity index (χ0) is 20.5. The fourth-order valence-electron chi connectivity index (χ4n) is 2.63.